The average molecular weight is 391 g/mol. The molecule has 1 aromatic rings. The zero-order chi connectivity index (χ0) is 20.4. The van der Waals surface area contributed by atoms with Crippen LogP contribution in [-0.2, 0) is 20.9 Å². The van der Waals surface area contributed by atoms with Gasteiger partial charge in [0, 0.05) is 19.1 Å². The van der Waals surface area contributed by atoms with Gasteiger partial charge in [-0.1, -0.05) is 62.4 Å². The van der Waals surface area contributed by atoms with Gasteiger partial charge in [0.05, 0.1) is 13.0 Å². The molecule has 1 amide bonds. The third kappa shape index (κ3) is 7.24. The molecule has 0 heterocycles. The molecule has 0 aromatic heterocycles. The number of hydrogen-bond donors (Lipinski definition) is 2. The molecule has 6 heteroatoms. The van der Waals surface area contributed by atoms with Crippen molar-refractivity contribution in [2.24, 2.45) is 11.7 Å². The van der Waals surface area contributed by atoms with E-state index in [1.165, 1.54) is 24.2 Å². The van der Waals surface area contributed by atoms with Gasteiger partial charge in [-0.25, -0.2) is 0 Å². The molecule has 6 nitrogen and oxygen atoms in total. The third-order valence-electron chi connectivity index (χ3n) is 5.41. The molecule has 2 rings (SSSR count). The molecule has 156 valence electrons. The molecule has 0 radical (unpaired) electrons. The molecule has 1 aromatic carbocycles. The number of nitrogens with two attached hydrogens (primary N) is 1. The lowest BCUT2D eigenvalue weighted by molar-refractivity contribution is -0.146. The summed E-state index contributed by atoms with van der Waals surface area (Å²) >= 11 is 0. The maximum Gasteiger partial charge on any atom is 0.307 e. The summed E-state index contributed by atoms with van der Waals surface area (Å²) < 4.78 is 4.97. The van der Waals surface area contributed by atoms with Crippen molar-refractivity contribution in [2.45, 2.75) is 70.6 Å². The second-order valence-electron chi connectivity index (χ2n) is 7.65. The largest absolute Gasteiger partial charge is 0.466 e. The number of rotatable bonds is 10. The Labute approximate surface area is 168 Å². The first-order valence-corrected chi connectivity index (χ1v) is 10.4. The number of aliphatic hydroxyl groups is 1. The van der Waals surface area contributed by atoms with Crippen molar-refractivity contribution in [2.75, 3.05) is 13.2 Å². The second-order valence-corrected chi connectivity index (χ2v) is 7.65. The number of amides is 1. The highest BCUT2D eigenvalue weighted by molar-refractivity contribution is 5.82. The first-order valence-electron chi connectivity index (χ1n) is 10.4. The Bertz CT molecular complexity index is 602. The van der Waals surface area contributed by atoms with Crippen LogP contribution in [0.4, 0.5) is 0 Å². The van der Waals surface area contributed by atoms with Gasteiger partial charge >= 0.3 is 5.97 Å². The van der Waals surface area contributed by atoms with Gasteiger partial charge < -0.3 is 20.5 Å². The van der Waals surface area contributed by atoms with E-state index in [1.54, 1.807) is 6.92 Å². The third-order valence-corrected chi connectivity index (χ3v) is 5.41. The van der Waals surface area contributed by atoms with Gasteiger partial charge in [0.2, 0.25) is 0 Å². The number of aliphatic hydroxyl groups excluding tert-OH is 1. The lowest BCUT2D eigenvalue weighted by Gasteiger charge is -2.30. The van der Waals surface area contributed by atoms with E-state index in [9.17, 15) is 14.7 Å². The van der Waals surface area contributed by atoms with Crippen molar-refractivity contribution in [1.29, 1.82) is 0 Å². The minimum Gasteiger partial charge on any atom is -0.466 e. The molecule has 1 aliphatic rings. The maximum absolute atomic E-state index is 12.9. The summed E-state index contributed by atoms with van der Waals surface area (Å²) in [5.74, 6) is -0.292. The molecule has 0 bridgehead atoms. The number of carbonyl (C=O) groups excluding carboxylic acids is 2. The van der Waals surface area contributed by atoms with Crippen molar-refractivity contribution in [1.82, 2.24) is 4.90 Å². The number of benzene rings is 1. The Hall–Kier alpha value is -1.92. The van der Waals surface area contributed by atoms with E-state index < -0.39 is 18.1 Å². The van der Waals surface area contributed by atoms with Crippen molar-refractivity contribution >= 4 is 11.9 Å². The van der Waals surface area contributed by atoms with Crippen LogP contribution in [0.3, 0.4) is 0 Å². The van der Waals surface area contributed by atoms with Crippen LogP contribution in [0.15, 0.2) is 30.3 Å². The number of ether oxygens (including phenoxy) is 1. The fraction of sp³-hybridized carbons (Fsp3) is 0.636. The highest BCUT2D eigenvalue weighted by Crippen LogP contribution is 2.27. The van der Waals surface area contributed by atoms with Gasteiger partial charge in [-0.15, -0.1) is 0 Å². The molecule has 2 atom stereocenters. The van der Waals surface area contributed by atoms with E-state index in [1.807, 2.05) is 30.3 Å². The number of nitrogens with zero attached hydrogens (tertiary/aromatic N) is 1. The van der Waals surface area contributed by atoms with E-state index in [2.05, 4.69) is 0 Å². The summed E-state index contributed by atoms with van der Waals surface area (Å²) in [5.41, 5.74) is 7.13. The van der Waals surface area contributed by atoms with E-state index in [4.69, 9.17) is 10.5 Å². The monoisotopic (exact) mass is 390 g/mol. The van der Waals surface area contributed by atoms with Gasteiger partial charge in [0.15, 0.2) is 0 Å². The highest BCUT2D eigenvalue weighted by Gasteiger charge is 2.30. The Balaban J connectivity index is 1.99. The normalized spacial score (nSPS) is 17.0. The molecule has 1 saturated carbocycles. The smallest absolute Gasteiger partial charge is 0.307 e. The summed E-state index contributed by atoms with van der Waals surface area (Å²) in [6.45, 7) is 2.57. The maximum atomic E-state index is 12.9. The van der Waals surface area contributed by atoms with Crippen LogP contribution in [0.2, 0.25) is 0 Å². The average Bonchev–Trinajstić information content (AvgIpc) is 2.71. The fourth-order valence-corrected chi connectivity index (χ4v) is 3.84. The first kappa shape index (κ1) is 22.4. The lowest BCUT2D eigenvalue weighted by atomic mass is 9.84. The minimum atomic E-state index is -1.26. The van der Waals surface area contributed by atoms with Crippen LogP contribution in [-0.4, -0.2) is 47.2 Å². The van der Waals surface area contributed by atoms with E-state index >= 15 is 0 Å². The Morgan fingerprint density at radius 2 is 1.89 bits per heavy atom. The fourth-order valence-electron chi connectivity index (χ4n) is 3.84. The zero-order valence-electron chi connectivity index (χ0n) is 16.9. The summed E-state index contributed by atoms with van der Waals surface area (Å²) in [6, 6.07) is 8.95. The SMILES string of the molecule is CCOC(=O)CCN(Cc1ccccc1)C(=O)C(O)[C@H](N)CC1CCCCC1. The summed E-state index contributed by atoms with van der Waals surface area (Å²) in [7, 11) is 0. The molecule has 0 aliphatic heterocycles. The van der Waals surface area contributed by atoms with Crippen LogP contribution < -0.4 is 5.73 Å². The van der Waals surface area contributed by atoms with Crippen LogP contribution >= 0.6 is 0 Å². The number of carbonyl (C=O) groups is 2. The second kappa shape index (κ2) is 11.8. The summed E-state index contributed by atoms with van der Waals surface area (Å²) in [4.78, 5) is 26.2. The molecular weight excluding hydrogens is 356 g/mol. The molecule has 0 saturated heterocycles. The first-order chi connectivity index (χ1) is 13.5. The number of hydrogen-bond acceptors (Lipinski definition) is 5. The van der Waals surface area contributed by atoms with Crippen molar-refractivity contribution < 1.29 is 19.4 Å². The molecule has 1 aliphatic carbocycles. The van der Waals surface area contributed by atoms with Gasteiger partial charge in [-0.2, -0.15) is 0 Å². The van der Waals surface area contributed by atoms with Crippen LogP contribution in [0, 0.1) is 5.92 Å². The van der Waals surface area contributed by atoms with Crippen LogP contribution in [0.25, 0.3) is 0 Å². The molecule has 0 spiro atoms. The molecule has 1 unspecified atom stereocenters. The summed E-state index contributed by atoms with van der Waals surface area (Å²) in [6.07, 6.45) is 5.37. The molecule has 28 heavy (non-hydrogen) atoms. The minimum absolute atomic E-state index is 0.0942. The Kier molecular flexibility index (Phi) is 9.44. The number of esters is 1. The van der Waals surface area contributed by atoms with Crippen molar-refractivity contribution in [3.8, 4) is 0 Å². The lowest BCUT2D eigenvalue weighted by Crippen LogP contribution is -2.49. The summed E-state index contributed by atoms with van der Waals surface area (Å²) in [5, 5.41) is 10.6. The van der Waals surface area contributed by atoms with Gasteiger partial charge in [0.1, 0.15) is 6.10 Å². The van der Waals surface area contributed by atoms with E-state index in [0.29, 0.717) is 25.5 Å². The molecular formula is C22H34N2O4. The molecule has 1 fully saturated rings. The van der Waals surface area contributed by atoms with Gasteiger partial charge in [-0.3, -0.25) is 9.59 Å². The predicted octanol–water partition coefficient (Wildman–Crippen LogP) is 2.63. The Morgan fingerprint density at radius 3 is 2.54 bits per heavy atom. The quantitative estimate of drug-likeness (QED) is 0.599. The van der Waals surface area contributed by atoms with E-state index in [-0.39, 0.29) is 18.9 Å². The van der Waals surface area contributed by atoms with E-state index in [0.717, 1.165) is 18.4 Å². The van der Waals surface area contributed by atoms with Crippen LogP contribution in [0.5, 0.6) is 0 Å². The van der Waals surface area contributed by atoms with Gasteiger partial charge in [-0.05, 0) is 24.8 Å². The molecule has 3 N–H and O–H groups in total. The topological polar surface area (TPSA) is 92.9 Å². The van der Waals surface area contributed by atoms with Crippen molar-refractivity contribution in [3.63, 3.8) is 0 Å². The van der Waals surface area contributed by atoms with Crippen molar-refractivity contribution in [3.05, 3.63) is 35.9 Å². The highest BCUT2D eigenvalue weighted by atomic mass is 16.5. The van der Waals surface area contributed by atoms with Crippen LogP contribution in [0.1, 0.15) is 57.4 Å². The Morgan fingerprint density at radius 1 is 1.21 bits per heavy atom. The predicted molar refractivity (Wildman–Crippen MR) is 108 cm³/mol. The standard InChI is InChI=1S/C22H34N2O4/c1-2-28-20(25)13-14-24(16-18-11-7-4-8-12-18)22(27)21(26)19(23)15-17-9-5-3-6-10-17/h4,7-8,11-12,17,19,21,26H,2-3,5-6,9-10,13-16,23H2,1H3/t19-,21?/m1/s1. The van der Waals surface area contributed by atoms with Gasteiger partial charge in [0.25, 0.3) is 5.91 Å². The zero-order valence-corrected chi connectivity index (χ0v) is 16.9.